The maximum absolute atomic E-state index is 11.6. The average molecular weight is 426 g/mol. The average Bonchev–Trinajstić information content (AvgIpc) is 3.01. The molecule has 0 unspecified atom stereocenters. The van der Waals surface area contributed by atoms with Crippen LogP contribution in [0.1, 0.15) is 12.0 Å². The van der Waals surface area contributed by atoms with Gasteiger partial charge in [-0.05, 0) is 12.1 Å². The zero-order chi connectivity index (χ0) is 18.0. The minimum Gasteiger partial charge on any atom is -1.00 e. The van der Waals surface area contributed by atoms with Crippen molar-refractivity contribution in [2.24, 2.45) is 0 Å². The topological polar surface area (TPSA) is 61.8 Å². The summed E-state index contributed by atoms with van der Waals surface area (Å²) in [6, 6.07) is 5.04. The van der Waals surface area contributed by atoms with Crippen molar-refractivity contribution in [1.82, 2.24) is 0 Å². The highest BCUT2D eigenvalue weighted by Crippen LogP contribution is 2.38. The van der Waals surface area contributed by atoms with Gasteiger partial charge in [-0.15, -0.1) is 0 Å². The van der Waals surface area contributed by atoms with Gasteiger partial charge in [0, 0.05) is 28.8 Å². The Kier molecular flexibility index (Phi) is 6.49. The van der Waals surface area contributed by atoms with Crippen molar-refractivity contribution >= 4 is 21.9 Å². The molecular formula is C19H24BrNO5. The fourth-order valence-corrected chi connectivity index (χ4v) is 2.95. The third kappa shape index (κ3) is 4.28. The number of nitrogens with zero attached hydrogens (tertiary/aromatic N) is 1. The van der Waals surface area contributed by atoms with Gasteiger partial charge in [0.15, 0.2) is 11.2 Å². The molecule has 0 aliphatic heterocycles. The molecule has 0 bridgehead atoms. The number of benzene rings is 1. The van der Waals surface area contributed by atoms with E-state index >= 15 is 0 Å². The Hall–Kier alpha value is -1.83. The minimum atomic E-state index is -0.425. The molecule has 2 heterocycles. The van der Waals surface area contributed by atoms with Gasteiger partial charge in [0.1, 0.15) is 0 Å². The maximum atomic E-state index is 11.6. The number of rotatable bonds is 7. The molecule has 0 aliphatic carbocycles. The Balaban J connectivity index is 0.00000243. The lowest BCUT2D eigenvalue weighted by Gasteiger charge is -2.23. The molecule has 0 atom stereocenters. The molecule has 0 saturated carbocycles. The molecule has 0 N–H and O–H groups in total. The van der Waals surface area contributed by atoms with E-state index in [-0.39, 0.29) is 17.0 Å². The van der Waals surface area contributed by atoms with Gasteiger partial charge in [-0.25, -0.2) is 4.79 Å². The monoisotopic (exact) mass is 425 g/mol. The lowest BCUT2D eigenvalue weighted by molar-refractivity contribution is -0.870. The first-order valence-corrected chi connectivity index (χ1v) is 8.29. The fraction of sp³-hybridized carbons (Fsp3) is 0.421. The summed E-state index contributed by atoms with van der Waals surface area (Å²) in [4.78, 5) is 11.6. The van der Waals surface area contributed by atoms with Crippen LogP contribution >= 0.6 is 0 Å². The van der Waals surface area contributed by atoms with Crippen molar-refractivity contribution in [2.45, 2.75) is 13.0 Å². The first-order valence-electron chi connectivity index (χ1n) is 8.29. The Bertz CT molecular complexity index is 939. The van der Waals surface area contributed by atoms with Crippen LogP contribution < -0.4 is 27.3 Å². The van der Waals surface area contributed by atoms with Crippen LogP contribution in [-0.2, 0) is 11.3 Å². The van der Waals surface area contributed by atoms with Crippen LogP contribution in [0.15, 0.2) is 38.1 Å². The molecule has 6 nitrogen and oxygen atoms in total. The number of ether oxygens (including phenoxy) is 2. The van der Waals surface area contributed by atoms with Crippen molar-refractivity contribution in [3.05, 3.63) is 40.4 Å². The number of furan rings is 1. The highest BCUT2D eigenvalue weighted by atomic mass is 79.9. The molecule has 26 heavy (non-hydrogen) atoms. The molecular weight excluding hydrogens is 402 g/mol. The van der Waals surface area contributed by atoms with Crippen LogP contribution in [0, 0.1) is 0 Å². The van der Waals surface area contributed by atoms with Crippen molar-refractivity contribution in [1.29, 1.82) is 0 Å². The third-order valence-corrected chi connectivity index (χ3v) is 4.13. The van der Waals surface area contributed by atoms with Crippen LogP contribution in [0.4, 0.5) is 0 Å². The molecule has 7 heteroatoms. The van der Waals surface area contributed by atoms with Gasteiger partial charge < -0.3 is 39.8 Å². The number of hydrogen-bond acceptors (Lipinski definition) is 5. The van der Waals surface area contributed by atoms with Crippen LogP contribution in [0.3, 0.4) is 0 Å². The first-order chi connectivity index (χ1) is 11.9. The largest absolute Gasteiger partial charge is 1.00 e. The quantitative estimate of drug-likeness (QED) is 0.306. The minimum absolute atomic E-state index is 0. The first kappa shape index (κ1) is 20.5. The summed E-state index contributed by atoms with van der Waals surface area (Å²) in [6.07, 6.45) is 2.58. The maximum Gasteiger partial charge on any atom is 0.336 e. The summed E-state index contributed by atoms with van der Waals surface area (Å²) in [6.45, 7) is 2.12. The van der Waals surface area contributed by atoms with E-state index in [1.54, 1.807) is 12.3 Å². The van der Waals surface area contributed by atoms with E-state index in [2.05, 4.69) is 21.1 Å². The normalized spacial score (nSPS) is 11.7. The van der Waals surface area contributed by atoms with Crippen molar-refractivity contribution in [3.63, 3.8) is 0 Å². The predicted octanol–water partition coefficient (Wildman–Crippen LogP) is 0.165. The van der Waals surface area contributed by atoms with Crippen molar-refractivity contribution in [3.8, 4) is 5.75 Å². The molecule has 0 radical (unpaired) electrons. The summed E-state index contributed by atoms with van der Waals surface area (Å²) >= 11 is 0. The van der Waals surface area contributed by atoms with Crippen molar-refractivity contribution < 1.29 is 39.8 Å². The van der Waals surface area contributed by atoms with Gasteiger partial charge in [-0.2, -0.15) is 0 Å². The Morgan fingerprint density at radius 1 is 1.08 bits per heavy atom. The molecule has 0 spiro atoms. The van der Waals surface area contributed by atoms with Gasteiger partial charge >= 0.3 is 5.63 Å². The lowest BCUT2D eigenvalue weighted by Crippen LogP contribution is -3.00. The summed E-state index contributed by atoms with van der Waals surface area (Å²) < 4.78 is 23.2. The molecule has 1 aromatic carbocycles. The van der Waals surface area contributed by atoms with Gasteiger partial charge in [-0.1, -0.05) is 0 Å². The molecule has 0 amide bonds. The smallest absolute Gasteiger partial charge is 0.336 e. The van der Waals surface area contributed by atoms with E-state index in [0.29, 0.717) is 30.1 Å². The van der Waals surface area contributed by atoms with E-state index in [9.17, 15) is 4.79 Å². The Morgan fingerprint density at radius 3 is 2.50 bits per heavy atom. The van der Waals surface area contributed by atoms with E-state index in [0.717, 1.165) is 33.8 Å². The summed E-state index contributed by atoms with van der Waals surface area (Å²) in [5.74, 6) is 0.432. The van der Waals surface area contributed by atoms with Crippen LogP contribution in [0.5, 0.6) is 5.75 Å². The van der Waals surface area contributed by atoms with E-state index in [1.807, 2.05) is 6.07 Å². The SMILES string of the molecule is COc1c2occc2c(COCCC[N+](C)(C)C)c2ccc(=O)oc12.[Br-]. The Labute approximate surface area is 162 Å². The number of halogens is 1. The number of quaternary nitrogens is 1. The molecule has 2 aromatic heterocycles. The fourth-order valence-electron chi connectivity index (χ4n) is 2.95. The van der Waals surface area contributed by atoms with Crippen LogP contribution in [-0.4, -0.2) is 45.9 Å². The van der Waals surface area contributed by atoms with Gasteiger partial charge in [0.2, 0.25) is 5.75 Å². The van der Waals surface area contributed by atoms with Gasteiger partial charge in [0.25, 0.3) is 0 Å². The lowest BCUT2D eigenvalue weighted by atomic mass is 10.0. The van der Waals surface area contributed by atoms with Crippen molar-refractivity contribution in [2.75, 3.05) is 41.4 Å². The highest BCUT2D eigenvalue weighted by Gasteiger charge is 2.19. The summed E-state index contributed by atoms with van der Waals surface area (Å²) in [5.41, 5.74) is 1.47. The number of hydrogen-bond donors (Lipinski definition) is 0. The molecule has 0 aliphatic rings. The highest BCUT2D eigenvalue weighted by molar-refractivity contribution is 6.03. The molecule has 142 valence electrons. The second-order valence-corrected chi connectivity index (χ2v) is 7.09. The molecule has 0 saturated heterocycles. The van der Waals surface area contributed by atoms with E-state index in [1.165, 1.54) is 13.2 Å². The van der Waals surface area contributed by atoms with Crippen LogP contribution in [0.2, 0.25) is 0 Å². The van der Waals surface area contributed by atoms with Gasteiger partial charge in [-0.3, -0.25) is 0 Å². The standard InChI is InChI=1S/C19H24NO5.BrH/c1-20(2,3)9-5-10-23-12-15-13-6-7-16(21)25-18(13)19(22-4)17-14(15)8-11-24-17;/h6-8,11H,5,9-10,12H2,1-4H3;1H/q+1;/p-1. The predicted molar refractivity (Wildman–Crippen MR) is 96.0 cm³/mol. The van der Waals surface area contributed by atoms with E-state index in [4.69, 9.17) is 18.3 Å². The third-order valence-electron chi connectivity index (χ3n) is 4.13. The second kappa shape index (κ2) is 8.24. The molecule has 0 fully saturated rings. The van der Waals surface area contributed by atoms with Gasteiger partial charge in [0.05, 0.1) is 54.3 Å². The van der Waals surface area contributed by atoms with E-state index < -0.39 is 5.63 Å². The zero-order valence-electron chi connectivity index (χ0n) is 15.5. The number of fused-ring (bicyclic) bond motifs is 2. The van der Waals surface area contributed by atoms with Crippen LogP contribution in [0.25, 0.3) is 21.9 Å². The second-order valence-electron chi connectivity index (χ2n) is 7.09. The Morgan fingerprint density at radius 2 is 1.81 bits per heavy atom. The zero-order valence-corrected chi connectivity index (χ0v) is 17.1. The summed E-state index contributed by atoms with van der Waals surface area (Å²) in [5, 5.41) is 1.71. The molecule has 3 aromatic rings. The molecule has 3 rings (SSSR count). The number of methoxy groups -OCH3 is 1. The summed E-state index contributed by atoms with van der Waals surface area (Å²) in [7, 11) is 8.01.